The molecule has 268 valence electrons. The number of hydrogen-bond acceptors (Lipinski definition) is 1. The van der Waals surface area contributed by atoms with Gasteiger partial charge in [-0.05, 0) is 201 Å². The minimum Gasteiger partial charge on any atom is -0.162 e. The Morgan fingerprint density at radius 1 is 0.623 bits per heavy atom. The number of thioether (sulfide) groups is 1. The molecule has 0 nitrogen and oxygen atoms in total. The molecule has 1 unspecified atom stereocenters. The molecule has 0 bridgehead atoms. The van der Waals surface area contributed by atoms with E-state index in [0.717, 1.165) is 19.3 Å². The molecule has 0 heterocycles. The lowest BCUT2D eigenvalue weighted by atomic mass is 9.69. The second kappa shape index (κ2) is 12.8. The van der Waals surface area contributed by atoms with E-state index in [4.69, 9.17) is 0 Å². The Balaban J connectivity index is 1.23. The largest absolute Gasteiger partial charge is 0.162 e. The lowest BCUT2D eigenvalue weighted by Gasteiger charge is -2.34. The molecular weight excluding hydrogens is 657 g/mol. The Morgan fingerprint density at radius 2 is 1.43 bits per heavy atom. The lowest BCUT2D eigenvalue weighted by molar-refractivity contribution is 0.532. The molecule has 0 fully saturated rings. The van der Waals surface area contributed by atoms with Gasteiger partial charge in [0.2, 0.25) is 0 Å². The minimum atomic E-state index is 0.668. The van der Waals surface area contributed by atoms with Gasteiger partial charge in [0.15, 0.2) is 0 Å². The fourth-order valence-electron chi connectivity index (χ4n) is 11.9. The SMILES string of the molecule is CCCCCSCCCCCC1=c2cc3ccc4c5c6c(ccc7c8c9c(cc%10cc(CC)c(c%11c2c(c35)c(c76)c9c%10%11)C1)C(CCCCC)CC8)CC=4. The zero-order valence-corrected chi connectivity index (χ0v) is 33.1. The molecule has 3 aliphatic carbocycles. The second-order valence-corrected chi connectivity index (χ2v) is 18.5. The predicted octanol–water partition coefficient (Wildman–Crippen LogP) is 13.8. The smallest absolute Gasteiger partial charge is 0.0000739 e. The number of fused-ring (bicyclic) bond motifs is 1. The Morgan fingerprint density at radius 3 is 2.30 bits per heavy atom. The van der Waals surface area contributed by atoms with Crippen molar-refractivity contribution in [2.45, 2.75) is 129 Å². The molecule has 0 saturated carbocycles. The summed E-state index contributed by atoms with van der Waals surface area (Å²) in [5.74, 6) is 3.34. The van der Waals surface area contributed by atoms with E-state index < -0.39 is 0 Å². The third kappa shape index (κ3) is 4.62. The van der Waals surface area contributed by atoms with E-state index in [0.29, 0.717) is 5.92 Å². The number of aryl methyl sites for hydroxylation is 2. The summed E-state index contributed by atoms with van der Waals surface area (Å²) >= 11 is 2.19. The van der Waals surface area contributed by atoms with Crippen LogP contribution in [0.3, 0.4) is 0 Å². The first kappa shape index (κ1) is 32.8. The Kier molecular flexibility index (Phi) is 7.91. The van der Waals surface area contributed by atoms with Crippen molar-refractivity contribution in [2.24, 2.45) is 0 Å². The standard InChI is InChI=1S/C52H54S/c1-4-7-10-14-31-20-22-37-38-23-21-33-17-16-32-18-19-35-28-41-34(15-11-9-13-25-53-24-12-8-5-2)27-39-30(6-3)26-36-29-40(31)46(37)50-45(36)48(39)49(41)51-44(35)42(32)43(33)47(38)52(50)51/h16,18-19,21,23,26,28-29,31H,4-15,17,20,22,24-25,27H2,1-3H3. The van der Waals surface area contributed by atoms with Crippen molar-refractivity contribution in [1.82, 2.24) is 0 Å². The molecule has 3 aliphatic rings. The van der Waals surface area contributed by atoms with Crippen LogP contribution in [0.15, 0.2) is 42.5 Å². The van der Waals surface area contributed by atoms with Gasteiger partial charge in [0.25, 0.3) is 0 Å². The third-order valence-electron chi connectivity index (χ3n) is 14.4. The molecule has 0 N–H and O–H groups in total. The van der Waals surface area contributed by atoms with Crippen molar-refractivity contribution in [3.8, 4) is 0 Å². The van der Waals surface area contributed by atoms with Gasteiger partial charge in [0, 0.05) is 0 Å². The summed E-state index contributed by atoms with van der Waals surface area (Å²) in [5, 5.41) is 25.3. The first-order chi connectivity index (χ1) is 26.2. The average molecular weight is 711 g/mol. The van der Waals surface area contributed by atoms with E-state index in [1.165, 1.54) is 117 Å². The highest BCUT2D eigenvalue weighted by Gasteiger charge is 2.33. The Labute approximate surface area is 319 Å². The van der Waals surface area contributed by atoms with Crippen molar-refractivity contribution in [1.29, 1.82) is 0 Å². The van der Waals surface area contributed by atoms with Crippen LogP contribution in [0, 0.1) is 0 Å². The fourth-order valence-corrected chi connectivity index (χ4v) is 13.0. The summed E-state index contributed by atoms with van der Waals surface area (Å²) in [4.78, 5) is 0. The van der Waals surface area contributed by atoms with Gasteiger partial charge in [-0.25, -0.2) is 0 Å². The van der Waals surface area contributed by atoms with E-state index in [9.17, 15) is 0 Å². The van der Waals surface area contributed by atoms with Crippen molar-refractivity contribution < 1.29 is 0 Å². The maximum atomic E-state index is 2.72. The Hall–Kier alpha value is -3.55. The molecule has 53 heavy (non-hydrogen) atoms. The van der Waals surface area contributed by atoms with Crippen molar-refractivity contribution in [3.63, 3.8) is 0 Å². The van der Waals surface area contributed by atoms with Gasteiger partial charge in [-0.15, -0.1) is 0 Å². The quantitative estimate of drug-likeness (QED) is 0.0580. The number of rotatable bonds is 15. The first-order valence-electron chi connectivity index (χ1n) is 21.7. The van der Waals surface area contributed by atoms with E-state index in [2.05, 4.69) is 81.1 Å². The van der Waals surface area contributed by atoms with Crippen LogP contribution in [0.25, 0.3) is 87.1 Å². The van der Waals surface area contributed by atoms with Crippen LogP contribution in [0.2, 0.25) is 0 Å². The summed E-state index contributed by atoms with van der Waals surface area (Å²) < 4.78 is 0. The maximum Gasteiger partial charge on any atom is -0.0000739 e. The van der Waals surface area contributed by atoms with Gasteiger partial charge in [0.1, 0.15) is 0 Å². The van der Waals surface area contributed by atoms with Crippen molar-refractivity contribution in [3.05, 3.63) is 80.7 Å². The highest BCUT2D eigenvalue weighted by molar-refractivity contribution is 7.99. The minimum absolute atomic E-state index is 0.668. The van der Waals surface area contributed by atoms with Crippen LogP contribution in [0.4, 0.5) is 0 Å². The normalized spacial score (nSPS) is 16.6. The molecule has 0 saturated heterocycles. The lowest BCUT2D eigenvalue weighted by Crippen LogP contribution is -2.20. The van der Waals surface area contributed by atoms with Gasteiger partial charge >= 0.3 is 0 Å². The molecule has 0 radical (unpaired) electrons. The van der Waals surface area contributed by atoms with Gasteiger partial charge < -0.3 is 0 Å². The molecule has 8 aromatic carbocycles. The summed E-state index contributed by atoms with van der Waals surface area (Å²) in [5.41, 5.74) is 9.85. The summed E-state index contributed by atoms with van der Waals surface area (Å²) in [7, 11) is 0. The number of hydrogen-bond donors (Lipinski definition) is 0. The number of unbranched alkanes of at least 4 members (excludes halogenated alkanes) is 6. The molecule has 0 aromatic heterocycles. The molecule has 11 rings (SSSR count). The zero-order chi connectivity index (χ0) is 35.4. The van der Waals surface area contributed by atoms with Crippen LogP contribution in [-0.2, 0) is 25.7 Å². The molecule has 8 aromatic rings. The van der Waals surface area contributed by atoms with Crippen LogP contribution >= 0.6 is 11.8 Å². The highest BCUT2D eigenvalue weighted by atomic mass is 32.2. The summed E-state index contributed by atoms with van der Waals surface area (Å²) in [6.45, 7) is 7.09. The van der Waals surface area contributed by atoms with Crippen LogP contribution < -0.4 is 10.4 Å². The van der Waals surface area contributed by atoms with E-state index in [1.807, 2.05) is 0 Å². The van der Waals surface area contributed by atoms with Crippen molar-refractivity contribution >= 4 is 98.8 Å². The summed E-state index contributed by atoms with van der Waals surface area (Å²) in [6.07, 6.45) is 23.0. The molecular formula is C52H54S. The summed E-state index contributed by atoms with van der Waals surface area (Å²) in [6, 6.07) is 18.1. The average Bonchev–Trinajstić information content (AvgIpc) is 3.19. The fraction of sp³-hybridized carbons (Fsp3) is 0.423. The molecule has 0 aliphatic heterocycles. The van der Waals surface area contributed by atoms with Crippen LogP contribution in [0.5, 0.6) is 0 Å². The zero-order valence-electron chi connectivity index (χ0n) is 32.3. The monoisotopic (exact) mass is 710 g/mol. The van der Waals surface area contributed by atoms with Gasteiger partial charge in [-0.3, -0.25) is 0 Å². The predicted molar refractivity (Wildman–Crippen MR) is 237 cm³/mol. The molecule has 0 spiro atoms. The van der Waals surface area contributed by atoms with Gasteiger partial charge in [-0.2, -0.15) is 11.8 Å². The maximum absolute atomic E-state index is 2.72. The third-order valence-corrected chi connectivity index (χ3v) is 15.5. The van der Waals surface area contributed by atoms with E-state index >= 15 is 0 Å². The molecule has 1 heteroatoms. The Bertz CT molecular complexity index is 2850. The van der Waals surface area contributed by atoms with E-state index in [-0.39, 0.29) is 0 Å². The van der Waals surface area contributed by atoms with Crippen molar-refractivity contribution in [2.75, 3.05) is 11.5 Å². The molecule has 0 amide bonds. The number of benzene rings is 8. The topological polar surface area (TPSA) is 0 Å². The second-order valence-electron chi connectivity index (χ2n) is 17.3. The highest BCUT2D eigenvalue weighted by Crippen LogP contribution is 2.56. The van der Waals surface area contributed by atoms with Crippen LogP contribution in [-0.4, -0.2) is 11.5 Å². The van der Waals surface area contributed by atoms with Gasteiger partial charge in [-0.1, -0.05) is 107 Å². The molecule has 1 atom stereocenters. The first-order valence-corrected chi connectivity index (χ1v) is 22.8. The van der Waals surface area contributed by atoms with Crippen LogP contribution in [0.1, 0.15) is 132 Å². The van der Waals surface area contributed by atoms with E-state index in [1.54, 1.807) is 97.7 Å². The van der Waals surface area contributed by atoms with Gasteiger partial charge in [0.05, 0.1) is 0 Å².